The Hall–Kier alpha value is -1.42. The van der Waals surface area contributed by atoms with Gasteiger partial charge in [-0.3, -0.25) is 4.79 Å². The summed E-state index contributed by atoms with van der Waals surface area (Å²) in [4.78, 5) is 17.3. The first-order valence-corrected chi connectivity index (χ1v) is 7.76. The van der Waals surface area contributed by atoms with E-state index in [1.807, 2.05) is 20.8 Å². The Labute approximate surface area is 124 Å². The standard InChI is InChI=1S/C16H22N2OS/c1-7-18-12-10(2)8-9-11(3)13(12)20-15(18)17-14(19)16(4,5)6/h8-9H,7H2,1-6H3. The molecule has 0 aliphatic heterocycles. The highest BCUT2D eigenvalue weighted by Crippen LogP contribution is 2.25. The third kappa shape index (κ3) is 2.57. The number of thiazole rings is 1. The van der Waals surface area contributed by atoms with Crippen LogP contribution < -0.4 is 4.80 Å². The van der Waals surface area contributed by atoms with Gasteiger partial charge in [0, 0.05) is 12.0 Å². The molecule has 0 aliphatic rings. The first-order valence-electron chi connectivity index (χ1n) is 6.94. The van der Waals surface area contributed by atoms with Gasteiger partial charge in [-0.1, -0.05) is 44.2 Å². The average molecular weight is 290 g/mol. The van der Waals surface area contributed by atoms with Gasteiger partial charge in [0.2, 0.25) is 0 Å². The van der Waals surface area contributed by atoms with Gasteiger partial charge in [-0.15, -0.1) is 0 Å². The minimum Gasteiger partial charge on any atom is -0.316 e. The van der Waals surface area contributed by atoms with E-state index in [-0.39, 0.29) is 5.91 Å². The number of amides is 1. The number of carbonyl (C=O) groups is 1. The van der Waals surface area contributed by atoms with E-state index in [1.54, 1.807) is 11.3 Å². The number of aromatic nitrogens is 1. The minimum atomic E-state index is -0.439. The zero-order chi connectivity index (χ0) is 15.1. The van der Waals surface area contributed by atoms with Crippen LogP contribution in [0.5, 0.6) is 0 Å². The van der Waals surface area contributed by atoms with Crippen LogP contribution in [0.25, 0.3) is 10.2 Å². The van der Waals surface area contributed by atoms with E-state index < -0.39 is 5.41 Å². The van der Waals surface area contributed by atoms with E-state index in [4.69, 9.17) is 0 Å². The van der Waals surface area contributed by atoms with Crippen LogP contribution in [0.4, 0.5) is 0 Å². The molecular weight excluding hydrogens is 268 g/mol. The molecule has 1 amide bonds. The lowest BCUT2D eigenvalue weighted by Crippen LogP contribution is -2.23. The predicted octanol–water partition coefficient (Wildman–Crippen LogP) is 3.81. The van der Waals surface area contributed by atoms with E-state index in [9.17, 15) is 4.79 Å². The summed E-state index contributed by atoms with van der Waals surface area (Å²) in [6, 6.07) is 4.26. The zero-order valence-electron chi connectivity index (χ0n) is 13.1. The van der Waals surface area contributed by atoms with E-state index >= 15 is 0 Å². The molecule has 20 heavy (non-hydrogen) atoms. The SMILES string of the molecule is CCn1c(=NC(=O)C(C)(C)C)sc2c(C)ccc(C)c21. The number of carbonyl (C=O) groups excluding carboxylic acids is 1. The smallest absolute Gasteiger partial charge is 0.253 e. The third-order valence-electron chi connectivity index (χ3n) is 3.38. The van der Waals surface area contributed by atoms with Gasteiger partial charge < -0.3 is 4.57 Å². The van der Waals surface area contributed by atoms with Crippen molar-refractivity contribution in [3.05, 3.63) is 28.1 Å². The Balaban J connectivity index is 2.79. The third-order valence-corrected chi connectivity index (χ3v) is 4.59. The van der Waals surface area contributed by atoms with Gasteiger partial charge in [0.15, 0.2) is 4.80 Å². The van der Waals surface area contributed by atoms with Crippen LogP contribution >= 0.6 is 11.3 Å². The number of nitrogens with zero attached hydrogens (tertiary/aromatic N) is 2. The fraction of sp³-hybridized carbons (Fsp3) is 0.500. The van der Waals surface area contributed by atoms with Crippen LogP contribution in [-0.4, -0.2) is 10.5 Å². The van der Waals surface area contributed by atoms with Crippen LogP contribution in [0, 0.1) is 19.3 Å². The molecule has 2 rings (SSSR count). The van der Waals surface area contributed by atoms with Crippen LogP contribution in [0.3, 0.4) is 0 Å². The summed E-state index contributed by atoms with van der Waals surface area (Å²) >= 11 is 1.61. The molecule has 2 aromatic rings. The molecule has 108 valence electrons. The second-order valence-corrected chi connectivity index (χ2v) is 7.15. The Morgan fingerprint density at radius 3 is 2.40 bits per heavy atom. The van der Waals surface area contributed by atoms with Crippen molar-refractivity contribution in [2.24, 2.45) is 10.4 Å². The summed E-state index contributed by atoms with van der Waals surface area (Å²) in [5.74, 6) is -0.0680. The second kappa shape index (κ2) is 5.17. The van der Waals surface area contributed by atoms with E-state index in [0.717, 1.165) is 11.3 Å². The van der Waals surface area contributed by atoms with Crippen LogP contribution in [0.15, 0.2) is 17.1 Å². The van der Waals surface area contributed by atoms with E-state index in [1.165, 1.54) is 21.3 Å². The van der Waals surface area contributed by atoms with Crippen molar-refractivity contribution < 1.29 is 4.79 Å². The number of fused-ring (bicyclic) bond motifs is 1. The van der Waals surface area contributed by atoms with Gasteiger partial charge in [-0.25, -0.2) is 0 Å². The molecular formula is C16H22N2OS. The molecule has 1 aromatic heterocycles. The molecule has 1 aromatic carbocycles. The maximum Gasteiger partial charge on any atom is 0.253 e. The lowest BCUT2D eigenvalue weighted by atomic mass is 9.96. The van der Waals surface area contributed by atoms with E-state index in [0.29, 0.717) is 0 Å². The highest BCUT2D eigenvalue weighted by Gasteiger charge is 2.21. The van der Waals surface area contributed by atoms with E-state index in [2.05, 4.69) is 42.5 Å². The van der Waals surface area contributed by atoms with Gasteiger partial charge in [0.1, 0.15) is 0 Å². The van der Waals surface area contributed by atoms with Gasteiger partial charge in [0.25, 0.3) is 5.91 Å². The molecule has 0 bridgehead atoms. The first kappa shape index (κ1) is 15.0. The van der Waals surface area contributed by atoms with Crippen LogP contribution in [0.1, 0.15) is 38.8 Å². The normalized spacial score (nSPS) is 13.2. The monoisotopic (exact) mass is 290 g/mol. The van der Waals surface area contributed by atoms with Crippen molar-refractivity contribution >= 4 is 27.5 Å². The van der Waals surface area contributed by atoms with Crippen molar-refractivity contribution in [3.8, 4) is 0 Å². The van der Waals surface area contributed by atoms with Crippen molar-refractivity contribution in [3.63, 3.8) is 0 Å². The number of hydrogen-bond acceptors (Lipinski definition) is 2. The Kier molecular flexibility index (Phi) is 3.87. The highest BCUT2D eigenvalue weighted by atomic mass is 32.1. The topological polar surface area (TPSA) is 34.4 Å². The fourth-order valence-electron chi connectivity index (χ4n) is 2.11. The van der Waals surface area contributed by atoms with Crippen molar-refractivity contribution in [2.75, 3.05) is 0 Å². The molecule has 3 nitrogen and oxygen atoms in total. The van der Waals surface area contributed by atoms with Gasteiger partial charge in [-0.05, 0) is 31.9 Å². The second-order valence-electron chi connectivity index (χ2n) is 6.17. The molecule has 0 saturated carbocycles. The number of hydrogen-bond donors (Lipinski definition) is 0. The van der Waals surface area contributed by atoms with Crippen molar-refractivity contribution in [2.45, 2.75) is 48.1 Å². The first-order chi connectivity index (χ1) is 9.25. The number of rotatable bonds is 1. The Morgan fingerprint density at radius 2 is 1.85 bits per heavy atom. The number of aryl methyl sites for hydroxylation is 3. The summed E-state index contributed by atoms with van der Waals surface area (Å²) in [6.45, 7) is 12.8. The predicted molar refractivity (Wildman–Crippen MR) is 85.0 cm³/mol. The minimum absolute atomic E-state index is 0.0680. The summed E-state index contributed by atoms with van der Waals surface area (Å²) < 4.78 is 3.37. The molecule has 4 heteroatoms. The Bertz CT molecular complexity index is 729. The molecule has 0 unspecified atom stereocenters. The summed E-state index contributed by atoms with van der Waals surface area (Å²) in [6.07, 6.45) is 0. The summed E-state index contributed by atoms with van der Waals surface area (Å²) in [7, 11) is 0. The molecule has 0 N–H and O–H groups in total. The Morgan fingerprint density at radius 1 is 1.25 bits per heavy atom. The van der Waals surface area contributed by atoms with Gasteiger partial charge in [0.05, 0.1) is 10.2 Å². The molecule has 1 heterocycles. The molecule has 0 spiro atoms. The lowest BCUT2D eigenvalue weighted by molar-refractivity contribution is -0.125. The lowest BCUT2D eigenvalue weighted by Gasteiger charge is -2.11. The molecule has 0 radical (unpaired) electrons. The van der Waals surface area contributed by atoms with Crippen LogP contribution in [0.2, 0.25) is 0 Å². The molecule has 0 fully saturated rings. The summed E-state index contributed by atoms with van der Waals surface area (Å²) in [5.41, 5.74) is 3.24. The maximum absolute atomic E-state index is 12.2. The maximum atomic E-state index is 12.2. The van der Waals surface area contributed by atoms with Crippen LogP contribution in [-0.2, 0) is 11.3 Å². The van der Waals surface area contributed by atoms with Crippen molar-refractivity contribution in [1.29, 1.82) is 0 Å². The largest absolute Gasteiger partial charge is 0.316 e. The van der Waals surface area contributed by atoms with Gasteiger partial charge in [-0.2, -0.15) is 4.99 Å². The molecule has 0 aliphatic carbocycles. The zero-order valence-corrected chi connectivity index (χ0v) is 13.9. The van der Waals surface area contributed by atoms with Crippen molar-refractivity contribution in [1.82, 2.24) is 4.57 Å². The molecule has 0 saturated heterocycles. The fourth-order valence-corrected chi connectivity index (χ4v) is 3.35. The molecule has 0 atom stereocenters. The number of benzene rings is 1. The average Bonchev–Trinajstić information content (AvgIpc) is 2.72. The summed E-state index contributed by atoms with van der Waals surface area (Å²) in [5, 5.41) is 0. The van der Waals surface area contributed by atoms with Gasteiger partial charge >= 0.3 is 0 Å². The quantitative estimate of drug-likeness (QED) is 0.786. The highest BCUT2D eigenvalue weighted by molar-refractivity contribution is 7.16.